The van der Waals surface area contributed by atoms with E-state index in [9.17, 15) is 9.59 Å². The fourth-order valence-corrected chi connectivity index (χ4v) is 2.37. The lowest BCUT2D eigenvalue weighted by molar-refractivity contribution is 0.0625. The number of hydrogen-bond donors (Lipinski definition) is 2. The van der Waals surface area contributed by atoms with E-state index in [4.69, 9.17) is 10.8 Å². The predicted octanol–water partition coefficient (Wildman–Crippen LogP) is 1.18. The monoisotopic (exact) mass is 291 g/mol. The van der Waals surface area contributed by atoms with Gasteiger partial charge in [-0.3, -0.25) is 4.79 Å². The molecule has 21 heavy (non-hydrogen) atoms. The highest BCUT2D eigenvalue weighted by atomic mass is 16.4. The van der Waals surface area contributed by atoms with Crippen LogP contribution in [0.1, 0.15) is 28.8 Å². The zero-order valence-electron chi connectivity index (χ0n) is 12.2. The van der Waals surface area contributed by atoms with Gasteiger partial charge in [-0.05, 0) is 30.2 Å². The van der Waals surface area contributed by atoms with Crippen LogP contribution in [0, 0.1) is 0 Å². The Hall–Kier alpha value is -2.08. The van der Waals surface area contributed by atoms with Gasteiger partial charge >= 0.3 is 6.09 Å². The molecule has 3 N–H and O–H groups in total. The molecule has 0 aromatic heterocycles. The molecule has 1 heterocycles. The number of carbonyl (C=O) groups is 2. The quantitative estimate of drug-likeness (QED) is 0.875. The number of nitrogens with zero attached hydrogens (tertiary/aromatic N) is 2. The second-order valence-corrected chi connectivity index (χ2v) is 5.32. The molecule has 1 unspecified atom stereocenters. The van der Waals surface area contributed by atoms with E-state index in [0.29, 0.717) is 38.3 Å². The molecule has 2 rings (SSSR count). The number of benzene rings is 1. The molecule has 2 amide bonds. The van der Waals surface area contributed by atoms with Crippen LogP contribution in [0.2, 0.25) is 0 Å². The maximum Gasteiger partial charge on any atom is 0.407 e. The Balaban J connectivity index is 1.99. The summed E-state index contributed by atoms with van der Waals surface area (Å²) >= 11 is 0. The molecule has 1 aromatic rings. The van der Waals surface area contributed by atoms with E-state index in [-0.39, 0.29) is 11.8 Å². The van der Waals surface area contributed by atoms with Crippen molar-refractivity contribution in [2.24, 2.45) is 5.73 Å². The van der Waals surface area contributed by atoms with Crippen molar-refractivity contribution < 1.29 is 14.7 Å². The van der Waals surface area contributed by atoms with Crippen molar-refractivity contribution in [2.45, 2.75) is 12.8 Å². The molecule has 0 aliphatic carbocycles. The van der Waals surface area contributed by atoms with Crippen LogP contribution in [-0.4, -0.2) is 59.6 Å². The number of amides is 2. The minimum absolute atomic E-state index is 0.0491. The normalized spacial score (nSPS) is 16.7. The first-order valence-electron chi connectivity index (χ1n) is 7.10. The third kappa shape index (κ3) is 3.52. The van der Waals surface area contributed by atoms with Gasteiger partial charge in [0.2, 0.25) is 0 Å². The van der Waals surface area contributed by atoms with E-state index in [1.165, 1.54) is 4.90 Å². The maximum atomic E-state index is 12.4. The van der Waals surface area contributed by atoms with Gasteiger partial charge in [-0.1, -0.05) is 19.1 Å². The third-order valence-electron chi connectivity index (χ3n) is 3.92. The molecule has 0 radical (unpaired) electrons. The number of hydrogen-bond acceptors (Lipinski definition) is 3. The van der Waals surface area contributed by atoms with Gasteiger partial charge in [-0.25, -0.2) is 4.79 Å². The summed E-state index contributed by atoms with van der Waals surface area (Å²) < 4.78 is 0. The topological polar surface area (TPSA) is 86.9 Å². The third-order valence-corrected chi connectivity index (χ3v) is 3.92. The minimum Gasteiger partial charge on any atom is -0.465 e. The zero-order chi connectivity index (χ0) is 15.4. The molecule has 114 valence electrons. The Morgan fingerprint density at radius 2 is 1.67 bits per heavy atom. The van der Waals surface area contributed by atoms with Crippen molar-refractivity contribution in [3.63, 3.8) is 0 Å². The van der Waals surface area contributed by atoms with Gasteiger partial charge in [0.25, 0.3) is 5.91 Å². The molecule has 1 aliphatic rings. The Kier molecular flexibility index (Phi) is 4.80. The second kappa shape index (κ2) is 6.58. The van der Waals surface area contributed by atoms with Crippen LogP contribution in [-0.2, 0) is 0 Å². The Bertz CT molecular complexity index is 507. The number of carboxylic acid groups (broad SMARTS) is 1. The molecular formula is C15H21N3O3. The summed E-state index contributed by atoms with van der Waals surface area (Å²) in [6, 6.07) is 7.48. The molecule has 6 heteroatoms. The molecule has 0 saturated carbocycles. The fourth-order valence-electron chi connectivity index (χ4n) is 2.37. The average molecular weight is 291 g/mol. The standard InChI is InChI=1S/C15H21N3O3/c1-11(10-16)12-2-4-13(5-3-12)14(19)17-6-8-18(9-7-17)15(20)21/h2-5,11H,6-10,16H2,1H3,(H,20,21). The predicted molar refractivity (Wildman–Crippen MR) is 79.4 cm³/mol. The van der Waals surface area contributed by atoms with Gasteiger partial charge in [0.15, 0.2) is 0 Å². The SMILES string of the molecule is CC(CN)c1ccc(C(=O)N2CCN(C(=O)O)CC2)cc1. The van der Waals surface area contributed by atoms with Gasteiger partial charge in [0.05, 0.1) is 0 Å². The van der Waals surface area contributed by atoms with Crippen LogP contribution in [0.15, 0.2) is 24.3 Å². The van der Waals surface area contributed by atoms with E-state index in [1.807, 2.05) is 31.2 Å². The molecule has 1 fully saturated rings. The lowest BCUT2D eigenvalue weighted by Gasteiger charge is -2.33. The van der Waals surface area contributed by atoms with Gasteiger partial charge in [-0.15, -0.1) is 0 Å². The lowest BCUT2D eigenvalue weighted by atomic mass is 10.00. The van der Waals surface area contributed by atoms with Gasteiger partial charge < -0.3 is 20.6 Å². The summed E-state index contributed by atoms with van der Waals surface area (Å²) in [5.74, 6) is 0.222. The first-order valence-corrected chi connectivity index (χ1v) is 7.10. The number of piperazine rings is 1. The fraction of sp³-hybridized carbons (Fsp3) is 0.467. The summed E-state index contributed by atoms with van der Waals surface area (Å²) in [5, 5.41) is 8.90. The first-order chi connectivity index (χ1) is 10.0. The highest BCUT2D eigenvalue weighted by Crippen LogP contribution is 2.16. The molecular weight excluding hydrogens is 270 g/mol. The molecule has 1 atom stereocenters. The van der Waals surface area contributed by atoms with Crippen molar-refractivity contribution in [2.75, 3.05) is 32.7 Å². The number of nitrogens with two attached hydrogens (primary N) is 1. The van der Waals surface area contributed by atoms with Crippen molar-refractivity contribution in [3.8, 4) is 0 Å². The Morgan fingerprint density at radius 1 is 1.14 bits per heavy atom. The molecule has 0 bridgehead atoms. The highest BCUT2D eigenvalue weighted by Gasteiger charge is 2.24. The molecule has 1 aromatic carbocycles. The van der Waals surface area contributed by atoms with Crippen molar-refractivity contribution >= 4 is 12.0 Å². The van der Waals surface area contributed by atoms with E-state index >= 15 is 0 Å². The zero-order valence-corrected chi connectivity index (χ0v) is 12.2. The van der Waals surface area contributed by atoms with Gasteiger partial charge in [0, 0.05) is 31.7 Å². The van der Waals surface area contributed by atoms with Gasteiger partial charge in [0.1, 0.15) is 0 Å². The second-order valence-electron chi connectivity index (χ2n) is 5.32. The van der Waals surface area contributed by atoms with Crippen LogP contribution in [0.5, 0.6) is 0 Å². The van der Waals surface area contributed by atoms with Crippen LogP contribution >= 0.6 is 0 Å². The largest absolute Gasteiger partial charge is 0.465 e. The summed E-state index contributed by atoms with van der Waals surface area (Å²) in [7, 11) is 0. The number of rotatable bonds is 3. The first kappa shape index (κ1) is 15.3. The van der Waals surface area contributed by atoms with E-state index < -0.39 is 6.09 Å². The van der Waals surface area contributed by atoms with Crippen LogP contribution in [0.25, 0.3) is 0 Å². The smallest absolute Gasteiger partial charge is 0.407 e. The number of carbonyl (C=O) groups excluding carboxylic acids is 1. The summed E-state index contributed by atoms with van der Waals surface area (Å²) in [6.07, 6.45) is -0.928. The van der Waals surface area contributed by atoms with Crippen molar-refractivity contribution in [1.82, 2.24) is 9.80 Å². The Labute approximate surface area is 124 Å². The Morgan fingerprint density at radius 3 is 2.14 bits per heavy atom. The molecule has 1 saturated heterocycles. The summed E-state index contributed by atoms with van der Waals surface area (Å²) in [4.78, 5) is 26.2. The van der Waals surface area contributed by atoms with Gasteiger partial charge in [-0.2, -0.15) is 0 Å². The lowest BCUT2D eigenvalue weighted by Crippen LogP contribution is -2.50. The van der Waals surface area contributed by atoms with Crippen LogP contribution in [0.4, 0.5) is 4.79 Å². The maximum absolute atomic E-state index is 12.4. The van der Waals surface area contributed by atoms with E-state index in [0.717, 1.165) is 5.56 Å². The minimum atomic E-state index is -0.928. The van der Waals surface area contributed by atoms with Crippen LogP contribution < -0.4 is 5.73 Å². The summed E-state index contributed by atoms with van der Waals surface area (Å²) in [6.45, 7) is 4.22. The van der Waals surface area contributed by atoms with E-state index in [1.54, 1.807) is 4.90 Å². The molecule has 0 spiro atoms. The molecule has 1 aliphatic heterocycles. The van der Waals surface area contributed by atoms with Crippen molar-refractivity contribution in [1.29, 1.82) is 0 Å². The summed E-state index contributed by atoms with van der Waals surface area (Å²) in [5.41, 5.74) is 7.38. The van der Waals surface area contributed by atoms with E-state index in [2.05, 4.69) is 0 Å². The van der Waals surface area contributed by atoms with Crippen molar-refractivity contribution in [3.05, 3.63) is 35.4 Å². The average Bonchev–Trinajstić information content (AvgIpc) is 2.53. The highest BCUT2D eigenvalue weighted by molar-refractivity contribution is 5.94. The van der Waals surface area contributed by atoms with Crippen LogP contribution in [0.3, 0.4) is 0 Å². The molecule has 6 nitrogen and oxygen atoms in total.